The third-order valence-electron chi connectivity index (χ3n) is 2.97. The summed E-state index contributed by atoms with van der Waals surface area (Å²) in [5.74, 6) is -0.915. The van der Waals surface area contributed by atoms with Gasteiger partial charge in [0, 0.05) is 18.0 Å². The summed E-state index contributed by atoms with van der Waals surface area (Å²) in [4.78, 5) is 25.3. The van der Waals surface area contributed by atoms with E-state index in [1.54, 1.807) is 30.2 Å². The van der Waals surface area contributed by atoms with Crippen molar-refractivity contribution in [1.29, 1.82) is 0 Å². The first kappa shape index (κ1) is 15.7. The van der Waals surface area contributed by atoms with Crippen molar-refractivity contribution >= 4 is 23.2 Å². The summed E-state index contributed by atoms with van der Waals surface area (Å²) in [5, 5.41) is 13.5. The zero-order chi connectivity index (χ0) is 14.3. The summed E-state index contributed by atoms with van der Waals surface area (Å²) < 4.78 is 0. The Morgan fingerprint density at radius 3 is 2.84 bits per heavy atom. The summed E-state index contributed by atoms with van der Waals surface area (Å²) in [6.07, 6.45) is 0.873. The number of hydrogen-bond donors (Lipinski definition) is 2. The fourth-order valence-electron chi connectivity index (χ4n) is 1.58. The lowest BCUT2D eigenvalue weighted by Crippen LogP contribution is -2.44. The first-order chi connectivity index (χ1) is 9.00. The molecule has 0 aliphatic carbocycles. The topological polar surface area (TPSA) is 69.6 Å². The highest BCUT2D eigenvalue weighted by Gasteiger charge is 2.17. The first-order valence-corrected chi connectivity index (χ1v) is 7.11. The van der Waals surface area contributed by atoms with Crippen molar-refractivity contribution in [2.75, 3.05) is 20.1 Å². The van der Waals surface area contributed by atoms with Crippen LogP contribution in [0.3, 0.4) is 0 Å². The Bertz CT molecular complexity index is 406. The van der Waals surface area contributed by atoms with Gasteiger partial charge in [0.25, 0.3) is 0 Å². The van der Waals surface area contributed by atoms with Crippen LogP contribution >= 0.6 is 11.3 Å². The molecule has 0 aliphatic heterocycles. The van der Waals surface area contributed by atoms with Crippen molar-refractivity contribution in [2.45, 2.75) is 25.8 Å². The molecule has 5 nitrogen and oxygen atoms in total. The second-order valence-corrected chi connectivity index (χ2v) is 5.45. The quantitative estimate of drug-likeness (QED) is 0.752. The molecule has 0 spiro atoms. The molecule has 2 N–H and O–H groups in total. The van der Waals surface area contributed by atoms with Crippen molar-refractivity contribution in [2.24, 2.45) is 0 Å². The van der Waals surface area contributed by atoms with Crippen molar-refractivity contribution in [1.82, 2.24) is 10.2 Å². The van der Waals surface area contributed by atoms with Gasteiger partial charge in [-0.3, -0.25) is 14.5 Å². The number of rotatable bonds is 8. The summed E-state index contributed by atoms with van der Waals surface area (Å²) in [6, 6.07) is 3.71. The maximum atomic E-state index is 11.9. The number of carboxylic acids is 1. The van der Waals surface area contributed by atoms with Crippen LogP contribution in [0.4, 0.5) is 0 Å². The van der Waals surface area contributed by atoms with Gasteiger partial charge in [-0.15, -0.1) is 11.3 Å². The molecule has 0 aromatic carbocycles. The monoisotopic (exact) mass is 284 g/mol. The molecule has 106 valence electrons. The Morgan fingerprint density at radius 1 is 1.53 bits per heavy atom. The van der Waals surface area contributed by atoms with Crippen LogP contribution in [0.15, 0.2) is 17.5 Å². The number of carbonyl (C=O) groups excluding carboxylic acids is 1. The highest BCUT2D eigenvalue weighted by atomic mass is 32.1. The van der Waals surface area contributed by atoms with Crippen LogP contribution in [0, 0.1) is 0 Å². The Morgan fingerprint density at radius 2 is 2.26 bits per heavy atom. The Kier molecular flexibility index (Phi) is 6.52. The van der Waals surface area contributed by atoms with Gasteiger partial charge in [-0.05, 0) is 31.8 Å². The van der Waals surface area contributed by atoms with Crippen LogP contribution in [0.2, 0.25) is 0 Å². The second kappa shape index (κ2) is 7.91. The molecule has 1 aromatic heterocycles. The zero-order valence-electron chi connectivity index (χ0n) is 11.3. The fraction of sp³-hybridized carbons (Fsp3) is 0.538. The van der Waals surface area contributed by atoms with E-state index in [0.717, 1.165) is 6.42 Å². The summed E-state index contributed by atoms with van der Waals surface area (Å²) in [7, 11) is 1.76. The highest BCUT2D eigenvalue weighted by Crippen LogP contribution is 2.08. The van der Waals surface area contributed by atoms with E-state index in [-0.39, 0.29) is 18.4 Å². The average molecular weight is 284 g/mol. The predicted octanol–water partition coefficient (Wildman–Crippen LogP) is 1.20. The van der Waals surface area contributed by atoms with E-state index in [4.69, 9.17) is 5.11 Å². The van der Waals surface area contributed by atoms with E-state index in [0.29, 0.717) is 13.1 Å². The van der Waals surface area contributed by atoms with Gasteiger partial charge < -0.3 is 10.4 Å². The number of hydrogen-bond acceptors (Lipinski definition) is 4. The van der Waals surface area contributed by atoms with Gasteiger partial charge in [0.05, 0.1) is 12.5 Å². The molecule has 0 bridgehead atoms. The number of thiophene rings is 1. The SMILES string of the molecule is CC(C(=O)NCCc1cccs1)N(C)CCC(=O)O. The lowest BCUT2D eigenvalue weighted by molar-refractivity contribution is -0.138. The molecule has 0 aliphatic rings. The van der Waals surface area contributed by atoms with Crippen LogP contribution in [0.25, 0.3) is 0 Å². The van der Waals surface area contributed by atoms with Crippen molar-refractivity contribution in [3.63, 3.8) is 0 Å². The van der Waals surface area contributed by atoms with E-state index in [2.05, 4.69) is 5.32 Å². The number of aliphatic carboxylic acids is 1. The van der Waals surface area contributed by atoms with Gasteiger partial charge in [-0.25, -0.2) is 0 Å². The Balaban J connectivity index is 2.25. The van der Waals surface area contributed by atoms with E-state index in [9.17, 15) is 9.59 Å². The first-order valence-electron chi connectivity index (χ1n) is 6.23. The molecule has 1 aromatic rings. The largest absolute Gasteiger partial charge is 0.481 e. The maximum absolute atomic E-state index is 11.9. The summed E-state index contributed by atoms with van der Waals surface area (Å²) >= 11 is 1.67. The van der Waals surface area contributed by atoms with Crippen LogP contribution < -0.4 is 5.32 Å². The van der Waals surface area contributed by atoms with Gasteiger partial charge in [0.1, 0.15) is 0 Å². The number of carbonyl (C=O) groups is 2. The van der Waals surface area contributed by atoms with E-state index in [1.165, 1.54) is 4.88 Å². The molecule has 0 fully saturated rings. The number of nitrogens with one attached hydrogen (secondary N) is 1. The van der Waals surface area contributed by atoms with Gasteiger partial charge in [0.2, 0.25) is 5.91 Å². The molecule has 19 heavy (non-hydrogen) atoms. The molecule has 0 saturated carbocycles. The summed E-state index contributed by atoms with van der Waals surface area (Å²) in [6.45, 7) is 2.76. The Hall–Kier alpha value is -1.40. The molecule has 1 rings (SSSR count). The smallest absolute Gasteiger partial charge is 0.304 e. The normalized spacial score (nSPS) is 12.4. The predicted molar refractivity (Wildman–Crippen MR) is 75.4 cm³/mol. The zero-order valence-corrected chi connectivity index (χ0v) is 12.1. The van der Waals surface area contributed by atoms with Gasteiger partial charge in [0.15, 0.2) is 0 Å². The van der Waals surface area contributed by atoms with Gasteiger partial charge >= 0.3 is 5.97 Å². The Labute approximate surface area is 117 Å². The van der Waals surface area contributed by atoms with E-state index in [1.807, 2.05) is 17.5 Å². The average Bonchev–Trinajstić information content (AvgIpc) is 2.87. The van der Waals surface area contributed by atoms with E-state index < -0.39 is 5.97 Å². The molecule has 0 saturated heterocycles. The minimum absolute atomic E-state index is 0.0450. The summed E-state index contributed by atoms with van der Waals surface area (Å²) in [5.41, 5.74) is 0. The number of amides is 1. The third kappa shape index (κ3) is 5.85. The minimum atomic E-state index is -0.850. The molecule has 1 amide bonds. The lowest BCUT2D eigenvalue weighted by atomic mass is 10.2. The fourth-order valence-corrected chi connectivity index (χ4v) is 2.29. The number of nitrogens with zero attached hydrogens (tertiary/aromatic N) is 1. The molecule has 1 heterocycles. The van der Waals surface area contributed by atoms with Crippen LogP contribution in [0.1, 0.15) is 18.2 Å². The molecule has 1 atom stereocenters. The van der Waals surface area contributed by atoms with Crippen molar-refractivity contribution in [3.05, 3.63) is 22.4 Å². The lowest BCUT2D eigenvalue weighted by Gasteiger charge is -2.23. The van der Waals surface area contributed by atoms with Gasteiger partial charge in [-0.2, -0.15) is 0 Å². The van der Waals surface area contributed by atoms with Crippen molar-refractivity contribution < 1.29 is 14.7 Å². The van der Waals surface area contributed by atoms with Crippen LogP contribution in [-0.4, -0.2) is 48.1 Å². The highest BCUT2D eigenvalue weighted by molar-refractivity contribution is 7.09. The molecular weight excluding hydrogens is 264 g/mol. The number of carboxylic acid groups (broad SMARTS) is 1. The minimum Gasteiger partial charge on any atom is -0.481 e. The van der Waals surface area contributed by atoms with Crippen molar-refractivity contribution in [3.8, 4) is 0 Å². The molecule has 6 heteroatoms. The van der Waals surface area contributed by atoms with Crippen LogP contribution in [-0.2, 0) is 16.0 Å². The number of likely N-dealkylation sites (N-methyl/N-ethyl adjacent to an activating group) is 1. The molecule has 0 radical (unpaired) electrons. The van der Waals surface area contributed by atoms with Gasteiger partial charge in [-0.1, -0.05) is 6.07 Å². The maximum Gasteiger partial charge on any atom is 0.304 e. The molecular formula is C13H20N2O3S. The van der Waals surface area contributed by atoms with Crippen LogP contribution in [0.5, 0.6) is 0 Å². The standard InChI is InChI=1S/C13H20N2O3S/c1-10(15(2)8-6-12(16)17)13(18)14-7-5-11-4-3-9-19-11/h3-4,9-10H,5-8H2,1-2H3,(H,14,18)(H,16,17). The second-order valence-electron chi connectivity index (χ2n) is 4.42. The van der Waals surface area contributed by atoms with E-state index >= 15 is 0 Å². The third-order valence-corrected chi connectivity index (χ3v) is 3.91. The molecule has 1 unspecified atom stereocenters.